The fraction of sp³-hybridized carbons (Fsp3) is 0.300. The molecule has 0 saturated heterocycles. The van der Waals surface area contributed by atoms with Crippen LogP contribution in [0.2, 0.25) is 0 Å². The lowest BCUT2D eigenvalue weighted by Crippen LogP contribution is -2.24. The van der Waals surface area contributed by atoms with Crippen LogP contribution < -0.4 is 11.1 Å². The van der Waals surface area contributed by atoms with E-state index in [0.29, 0.717) is 48.4 Å². The first-order valence-electron chi connectivity index (χ1n) is 31.2. The molecule has 0 fully saturated rings. The lowest BCUT2D eigenvalue weighted by Gasteiger charge is -2.20. The van der Waals surface area contributed by atoms with Crippen molar-refractivity contribution in [1.29, 1.82) is 0 Å². The summed E-state index contributed by atoms with van der Waals surface area (Å²) in [5.41, 5.74) is 24.2. The van der Waals surface area contributed by atoms with Crippen molar-refractivity contribution in [2.45, 2.75) is 159 Å². The number of carboxylic acids is 1. The standard InChI is InChI=1S/C40H44N2O3.C29H29NO4.C11H17N/c1-26-27(2)42(25-29-13-17-30(18-14-29)33-11-9-10-12-34(33)38(44)45-40(6,7)8)36-22-19-31(23-35(26)36)37(43)41-24-28-15-20-32(21-16-28)39(3,4)5;1-18-19(2)30(26-15-14-22(27(31)32)16-25(18)26)17-20-10-12-21(13-11-20)23-8-6-7-9-24(23)28(33)34-29(3,4)5;1-11(2,3)10-6-4-9(8-12)5-7-10/h9-23H,24-25H2,1-8H3,(H,41,43);6-16H,17H2,1-5H3,(H,31,32);4-7H,8,12H2,1-3H3. The van der Waals surface area contributed by atoms with Crippen molar-refractivity contribution in [3.8, 4) is 22.3 Å². The minimum Gasteiger partial charge on any atom is -0.478 e. The zero-order chi connectivity index (χ0) is 66.3. The molecule has 4 N–H and O–H groups in total. The van der Waals surface area contributed by atoms with E-state index < -0.39 is 17.2 Å². The second kappa shape index (κ2) is 27.8. The van der Waals surface area contributed by atoms with Crippen LogP contribution in [0.1, 0.15) is 180 Å². The normalized spacial score (nSPS) is 11.7. The summed E-state index contributed by atoms with van der Waals surface area (Å²) >= 11 is 0. The van der Waals surface area contributed by atoms with Gasteiger partial charge in [0.1, 0.15) is 11.2 Å². The lowest BCUT2D eigenvalue weighted by atomic mass is 9.87. The fourth-order valence-corrected chi connectivity index (χ4v) is 11.0. The first kappa shape index (κ1) is 67.6. The van der Waals surface area contributed by atoms with E-state index in [1.807, 2.05) is 127 Å². The molecular formula is C80H90N4O7. The predicted octanol–water partition coefficient (Wildman–Crippen LogP) is 18.2. The summed E-state index contributed by atoms with van der Waals surface area (Å²) < 4.78 is 15.7. The van der Waals surface area contributed by atoms with Gasteiger partial charge in [-0.1, -0.05) is 175 Å². The zero-order valence-electron chi connectivity index (χ0n) is 56.0. The van der Waals surface area contributed by atoms with Gasteiger partial charge in [-0.15, -0.1) is 0 Å². The Morgan fingerprint density at radius 3 is 1.19 bits per heavy atom. The molecule has 0 bridgehead atoms. The summed E-state index contributed by atoms with van der Waals surface area (Å²) in [5.74, 6) is -1.66. The Balaban J connectivity index is 0.000000203. The number of nitrogens with two attached hydrogens (primary N) is 1. The van der Waals surface area contributed by atoms with Gasteiger partial charge in [0.25, 0.3) is 5.91 Å². The number of aromatic carboxylic acids is 1. The maximum Gasteiger partial charge on any atom is 0.339 e. The van der Waals surface area contributed by atoms with Crippen LogP contribution >= 0.6 is 0 Å². The number of carboxylic acid groups (broad SMARTS) is 1. The Morgan fingerprint density at radius 2 is 0.813 bits per heavy atom. The molecule has 11 heteroatoms. The number of benzene rings is 8. The van der Waals surface area contributed by atoms with E-state index in [0.717, 1.165) is 72.0 Å². The molecule has 0 atom stereocenters. The highest BCUT2D eigenvalue weighted by Gasteiger charge is 2.24. The molecule has 2 heterocycles. The van der Waals surface area contributed by atoms with Crippen molar-refractivity contribution in [1.82, 2.24) is 14.5 Å². The molecule has 0 aliphatic heterocycles. The average molecular weight is 1220 g/mol. The number of nitrogens with one attached hydrogen (secondary N) is 1. The molecule has 10 aromatic rings. The van der Waals surface area contributed by atoms with Gasteiger partial charge in [0, 0.05) is 64.9 Å². The van der Waals surface area contributed by atoms with Gasteiger partial charge < -0.3 is 34.8 Å². The molecule has 0 unspecified atom stereocenters. The number of hydrogen-bond donors (Lipinski definition) is 3. The van der Waals surface area contributed by atoms with Crippen molar-refractivity contribution < 1.29 is 33.8 Å². The molecule has 472 valence electrons. The van der Waals surface area contributed by atoms with Crippen LogP contribution in [-0.4, -0.2) is 49.3 Å². The van der Waals surface area contributed by atoms with E-state index in [-0.39, 0.29) is 28.7 Å². The molecule has 0 radical (unpaired) electrons. The quantitative estimate of drug-likeness (QED) is 0.0964. The van der Waals surface area contributed by atoms with Crippen molar-refractivity contribution in [3.05, 3.63) is 260 Å². The molecule has 91 heavy (non-hydrogen) atoms. The van der Waals surface area contributed by atoms with E-state index in [4.69, 9.17) is 15.2 Å². The number of fused-ring (bicyclic) bond motifs is 2. The molecule has 0 spiro atoms. The monoisotopic (exact) mass is 1220 g/mol. The summed E-state index contributed by atoms with van der Waals surface area (Å²) in [7, 11) is 0. The number of amides is 1. The van der Waals surface area contributed by atoms with E-state index in [2.05, 4.69) is 162 Å². The average Bonchev–Trinajstić information content (AvgIpc) is 1.74. The summed E-state index contributed by atoms with van der Waals surface area (Å²) in [5, 5.41) is 14.5. The van der Waals surface area contributed by atoms with Crippen LogP contribution in [-0.2, 0) is 46.5 Å². The summed E-state index contributed by atoms with van der Waals surface area (Å²) in [4.78, 5) is 50.1. The molecule has 8 aromatic carbocycles. The SMILES string of the molecule is CC(C)(C)c1ccc(CN)cc1.Cc1c(C)n(Cc2ccc(-c3ccccc3C(=O)OC(C)(C)C)cc2)c2ccc(C(=O)NCc3ccc(C(C)(C)C)cc3)cc12.Cc1c(C)n(Cc2ccc(-c3ccccc3C(=O)OC(C)(C)C)cc2)c2ccc(C(=O)O)cc12. The third-order valence-corrected chi connectivity index (χ3v) is 16.4. The van der Waals surface area contributed by atoms with Gasteiger partial charge in [-0.2, -0.15) is 0 Å². The van der Waals surface area contributed by atoms with Gasteiger partial charge in [0.05, 0.1) is 16.7 Å². The van der Waals surface area contributed by atoms with E-state index in [1.165, 1.54) is 27.9 Å². The van der Waals surface area contributed by atoms with Gasteiger partial charge in [-0.05, 0) is 195 Å². The Labute approximate surface area is 538 Å². The number of rotatable bonds is 13. The van der Waals surface area contributed by atoms with Crippen LogP contribution in [0, 0.1) is 27.7 Å². The van der Waals surface area contributed by atoms with Gasteiger partial charge in [0.15, 0.2) is 0 Å². The van der Waals surface area contributed by atoms with E-state index in [1.54, 1.807) is 18.2 Å². The molecule has 11 nitrogen and oxygen atoms in total. The van der Waals surface area contributed by atoms with Crippen molar-refractivity contribution in [2.24, 2.45) is 5.73 Å². The predicted molar refractivity (Wildman–Crippen MR) is 371 cm³/mol. The van der Waals surface area contributed by atoms with E-state index >= 15 is 0 Å². The number of esters is 2. The molecule has 0 aliphatic rings. The van der Waals surface area contributed by atoms with Crippen molar-refractivity contribution in [2.75, 3.05) is 0 Å². The maximum atomic E-state index is 13.1. The lowest BCUT2D eigenvalue weighted by molar-refractivity contribution is 0.00578. The Kier molecular flexibility index (Phi) is 20.7. The number of hydrogen-bond acceptors (Lipinski definition) is 7. The van der Waals surface area contributed by atoms with Crippen LogP contribution in [0.25, 0.3) is 44.1 Å². The zero-order valence-corrected chi connectivity index (χ0v) is 56.0. The van der Waals surface area contributed by atoms with Gasteiger partial charge in [0.2, 0.25) is 0 Å². The second-order valence-corrected chi connectivity index (χ2v) is 27.6. The third-order valence-electron chi connectivity index (χ3n) is 16.4. The van der Waals surface area contributed by atoms with Crippen LogP contribution in [0.15, 0.2) is 182 Å². The topological polar surface area (TPSA) is 155 Å². The highest BCUT2D eigenvalue weighted by atomic mass is 16.6. The largest absolute Gasteiger partial charge is 0.478 e. The van der Waals surface area contributed by atoms with Gasteiger partial charge in [-0.25, -0.2) is 14.4 Å². The minimum absolute atomic E-state index is 0.0798. The maximum absolute atomic E-state index is 13.1. The van der Waals surface area contributed by atoms with Crippen molar-refractivity contribution >= 4 is 45.6 Å². The third kappa shape index (κ3) is 16.9. The molecule has 1 amide bonds. The first-order valence-corrected chi connectivity index (χ1v) is 31.2. The number of carbonyl (C=O) groups is 4. The molecule has 0 saturated carbocycles. The highest BCUT2D eigenvalue weighted by molar-refractivity contribution is 6.00. The molecule has 2 aromatic heterocycles. The van der Waals surface area contributed by atoms with E-state index in [9.17, 15) is 24.3 Å². The van der Waals surface area contributed by atoms with Gasteiger partial charge in [-0.3, -0.25) is 4.79 Å². The number of aryl methyl sites for hydroxylation is 2. The number of aromatic nitrogens is 2. The van der Waals surface area contributed by atoms with Crippen LogP contribution in [0.4, 0.5) is 0 Å². The Bertz CT molecular complexity index is 4230. The minimum atomic E-state index is -0.922. The van der Waals surface area contributed by atoms with Gasteiger partial charge >= 0.3 is 17.9 Å². The molecular weight excluding hydrogens is 1130 g/mol. The highest BCUT2D eigenvalue weighted by Crippen LogP contribution is 2.33. The Hall–Kier alpha value is -9.32. The number of nitrogens with zero attached hydrogens (tertiary/aromatic N) is 2. The van der Waals surface area contributed by atoms with Crippen LogP contribution in [0.3, 0.4) is 0 Å². The van der Waals surface area contributed by atoms with Crippen molar-refractivity contribution in [3.63, 3.8) is 0 Å². The second-order valence-electron chi connectivity index (χ2n) is 27.6. The summed E-state index contributed by atoms with van der Waals surface area (Å²) in [6, 6.07) is 59.8. The molecule has 0 aliphatic carbocycles. The van der Waals surface area contributed by atoms with Crippen LogP contribution in [0.5, 0.6) is 0 Å². The number of ether oxygens (including phenoxy) is 2. The first-order chi connectivity index (χ1) is 42.8. The fourth-order valence-electron chi connectivity index (χ4n) is 11.0. The Morgan fingerprint density at radius 1 is 0.451 bits per heavy atom. The number of carbonyl (C=O) groups excluding carboxylic acids is 3. The summed E-state index contributed by atoms with van der Waals surface area (Å²) in [6.45, 7) is 35.2. The summed E-state index contributed by atoms with van der Waals surface area (Å²) in [6.07, 6.45) is 0. The molecule has 10 rings (SSSR count). The smallest absolute Gasteiger partial charge is 0.339 e.